The lowest BCUT2D eigenvalue weighted by Gasteiger charge is -2.21. The molecule has 1 unspecified atom stereocenters. The first-order chi connectivity index (χ1) is 5.95. The van der Waals surface area contributed by atoms with E-state index in [4.69, 9.17) is 4.52 Å². The molecular formula is C9H14N2O. The van der Waals surface area contributed by atoms with Gasteiger partial charge in [0.05, 0.1) is 5.69 Å². The van der Waals surface area contributed by atoms with Gasteiger partial charge in [-0.25, -0.2) is 0 Å². The molecule has 66 valence electrons. The zero-order valence-corrected chi connectivity index (χ0v) is 7.12. The first-order valence-electron chi connectivity index (χ1n) is 4.55. The van der Waals surface area contributed by atoms with Gasteiger partial charge in [0, 0.05) is 6.07 Å². The Labute approximate surface area is 72.1 Å². The van der Waals surface area contributed by atoms with Crippen LogP contribution in [0.5, 0.6) is 0 Å². The molecule has 1 aromatic heterocycles. The van der Waals surface area contributed by atoms with Gasteiger partial charge in [-0.1, -0.05) is 5.16 Å². The van der Waals surface area contributed by atoms with Gasteiger partial charge in [-0.05, 0) is 38.3 Å². The third-order valence-electron chi connectivity index (χ3n) is 2.39. The van der Waals surface area contributed by atoms with E-state index in [0.717, 1.165) is 24.6 Å². The number of piperidine rings is 1. The van der Waals surface area contributed by atoms with E-state index in [9.17, 15) is 0 Å². The topological polar surface area (TPSA) is 38.1 Å². The van der Waals surface area contributed by atoms with Crippen molar-refractivity contribution in [3.05, 3.63) is 18.0 Å². The quantitative estimate of drug-likeness (QED) is 0.717. The van der Waals surface area contributed by atoms with Crippen LogP contribution in [0.15, 0.2) is 16.9 Å². The molecule has 1 atom stereocenters. The van der Waals surface area contributed by atoms with Gasteiger partial charge in [-0.15, -0.1) is 0 Å². The van der Waals surface area contributed by atoms with Crippen LogP contribution >= 0.6 is 0 Å². The summed E-state index contributed by atoms with van der Waals surface area (Å²) in [5.41, 5.74) is 1.09. The van der Waals surface area contributed by atoms with E-state index in [-0.39, 0.29) is 0 Å². The Bertz CT molecular complexity index is 214. The van der Waals surface area contributed by atoms with Crippen LogP contribution < -0.4 is 5.32 Å². The molecule has 1 aliphatic heterocycles. The van der Waals surface area contributed by atoms with Gasteiger partial charge in [0.2, 0.25) is 0 Å². The van der Waals surface area contributed by atoms with E-state index in [1.807, 2.05) is 6.07 Å². The highest BCUT2D eigenvalue weighted by atomic mass is 16.5. The molecule has 12 heavy (non-hydrogen) atoms. The van der Waals surface area contributed by atoms with E-state index >= 15 is 0 Å². The lowest BCUT2D eigenvalue weighted by atomic mass is 9.95. The Morgan fingerprint density at radius 3 is 3.33 bits per heavy atom. The molecule has 1 fully saturated rings. The van der Waals surface area contributed by atoms with Gasteiger partial charge in [0.1, 0.15) is 6.26 Å². The monoisotopic (exact) mass is 166 g/mol. The lowest BCUT2D eigenvalue weighted by Crippen LogP contribution is -2.30. The van der Waals surface area contributed by atoms with Crippen molar-refractivity contribution in [3.8, 4) is 0 Å². The molecule has 1 aromatic rings. The number of nitrogens with zero attached hydrogens (tertiary/aromatic N) is 1. The Hall–Kier alpha value is -0.830. The largest absolute Gasteiger partial charge is 0.365 e. The normalized spacial score (nSPS) is 24.2. The molecule has 0 bridgehead atoms. The highest BCUT2D eigenvalue weighted by Crippen LogP contribution is 2.14. The first kappa shape index (κ1) is 7.80. The molecule has 0 aliphatic carbocycles. The summed E-state index contributed by atoms with van der Waals surface area (Å²) < 4.78 is 4.79. The van der Waals surface area contributed by atoms with Crippen LogP contribution in [0.3, 0.4) is 0 Å². The van der Waals surface area contributed by atoms with E-state index in [1.165, 1.54) is 19.4 Å². The van der Waals surface area contributed by atoms with Crippen molar-refractivity contribution in [1.29, 1.82) is 0 Å². The summed E-state index contributed by atoms with van der Waals surface area (Å²) >= 11 is 0. The smallest absolute Gasteiger partial charge is 0.124 e. The second kappa shape index (κ2) is 3.72. The van der Waals surface area contributed by atoms with Crippen molar-refractivity contribution in [2.24, 2.45) is 5.92 Å². The fourth-order valence-electron chi connectivity index (χ4n) is 1.74. The van der Waals surface area contributed by atoms with Crippen molar-refractivity contribution in [3.63, 3.8) is 0 Å². The van der Waals surface area contributed by atoms with E-state index in [2.05, 4.69) is 10.5 Å². The minimum absolute atomic E-state index is 0.754. The second-order valence-electron chi connectivity index (χ2n) is 3.41. The Morgan fingerprint density at radius 1 is 1.67 bits per heavy atom. The van der Waals surface area contributed by atoms with Crippen molar-refractivity contribution in [2.75, 3.05) is 13.1 Å². The van der Waals surface area contributed by atoms with E-state index in [0.29, 0.717) is 0 Å². The maximum Gasteiger partial charge on any atom is 0.124 e. The van der Waals surface area contributed by atoms with Gasteiger partial charge in [-0.3, -0.25) is 0 Å². The summed E-state index contributed by atoms with van der Waals surface area (Å²) in [5, 5.41) is 7.30. The molecule has 2 heterocycles. The van der Waals surface area contributed by atoms with Gasteiger partial charge < -0.3 is 9.84 Å². The number of rotatable bonds is 2. The van der Waals surface area contributed by atoms with Gasteiger partial charge in [0.15, 0.2) is 0 Å². The van der Waals surface area contributed by atoms with Crippen LogP contribution in [0.25, 0.3) is 0 Å². The highest BCUT2D eigenvalue weighted by Gasteiger charge is 2.14. The predicted octanol–water partition coefficient (Wildman–Crippen LogP) is 1.22. The predicted molar refractivity (Wildman–Crippen MR) is 45.8 cm³/mol. The summed E-state index contributed by atoms with van der Waals surface area (Å²) in [6.45, 7) is 2.31. The molecule has 0 aromatic carbocycles. The molecule has 0 radical (unpaired) electrons. The minimum atomic E-state index is 0.754. The molecule has 1 saturated heterocycles. The summed E-state index contributed by atoms with van der Waals surface area (Å²) in [5.74, 6) is 0.754. The van der Waals surface area contributed by atoms with Crippen LogP contribution in [0, 0.1) is 5.92 Å². The lowest BCUT2D eigenvalue weighted by molar-refractivity contribution is 0.358. The Balaban J connectivity index is 1.86. The van der Waals surface area contributed by atoms with Crippen molar-refractivity contribution in [1.82, 2.24) is 10.5 Å². The van der Waals surface area contributed by atoms with Crippen LogP contribution in [0.1, 0.15) is 18.5 Å². The van der Waals surface area contributed by atoms with Crippen LogP contribution in [-0.4, -0.2) is 18.2 Å². The summed E-state index contributed by atoms with van der Waals surface area (Å²) in [6.07, 6.45) is 5.32. The molecule has 1 aliphatic rings. The number of aromatic nitrogens is 1. The van der Waals surface area contributed by atoms with Crippen molar-refractivity contribution >= 4 is 0 Å². The second-order valence-corrected chi connectivity index (χ2v) is 3.41. The first-order valence-corrected chi connectivity index (χ1v) is 4.55. The van der Waals surface area contributed by atoms with Gasteiger partial charge in [-0.2, -0.15) is 0 Å². The number of hydrogen-bond acceptors (Lipinski definition) is 3. The maximum absolute atomic E-state index is 4.79. The molecule has 3 heteroatoms. The van der Waals surface area contributed by atoms with E-state index in [1.54, 1.807) is 6.26 Å². The molecule has 1 N–H and O–H groups in total. The SMILES string of the molecule is c1cc(CC2CCCNC2)no1. The average molecular weight is 166 g/mol. The van der Waals surface area contributed by atoms with Crippen molar-refractivity contribution in [2.45, 2.75) is 19.3 Å². The van der Waals surface area contributed by atoms with E-state index < -0.39 is 0 Å². The average Bonchev–Trinajstić information content (AvgIpc) is 2.59. The minimum Gasteiger partial charge on any atom is -0.365 e. The third kappa shape index (κ3) is 1.85. The van der Waals surface area contributed by atoms with Crippen LogP contribution in [0.2, 0.25) is 0 Å². The zero-order valence-electron chi connectivity index (χ0n) is 7.12. The Morgan fingerprint density at radius 2 is 2.67 bits per heavy atom. The number of hydrogen-bond donors (Lipinski definition) is 1. The standard InChI is InChI=1S/C9H14N2O/c1-2-8(7-10-4-1)6-9-3-5-12-11-9/h3,5,8,10H,1-2,4,6-7H2. The molecule has 2 rings (SSSR count). The van der Waals surface area contributed by atoms with Crippen molar-refractivity contribution < 1.29 is 4.52 Å². The Kier molecular flexibility index (Phi) is 2.42. The van der Waals surface area contributed by atoms with Crippen LogP contribution in [0.4, 0.5) is 0 Å². The molecule has 0 amide bonds. The molecule has 0 saturated carbocycles. The molecule has 3 nitrogen and oxygen atoms in total. The maximum atomic E-state index is 4.79. The van der Waals surface area contributed by atoms with Crippen LogP contribution in [-0.2, 0) is 6.42 Å². The fraction of sp³-hybridized carbons (Fsp3) is 0.667. The zero-order chi connectivity index (χ0) is 8.23. The molecule has 0 spiro atoms. The van der Waals surface area contributed by atoms with Gasteiger partial charge in [0.25, 0.3) is 0 Å². The highest BCUT2D eigenvalue weighted by molar-refractivity contribution is 4.97. The number of nitrogens with one attached hydrogen (secondary N) is 1. The van der Waals surface area contributed by atoms with Gasteiger partial charge >= 0.3 is 0 Å². The summed E-state index contributed by atoms with van der Waals surface area (Å²) in [4.78, 5) is 0. The summed E-state index contributed by atoms with van der Waals surface area (Å²) in [6, 6.07) is 1.95. The third-order valence-corrected chi connectivity index (χ3v) is 2.39. The summed E-state index contributed by atoms with van der Waals surface area (Å²) in [7, 11) is 0. The fourth-order valence-corrected chi connectivity index (χ4v) is 1.74. The molecular weight excluding hydrogens is 152 g/mol.